The number of benzene rings is 2. The van der Waals surface area contributed by atoms with Crippen LogP contribution in [0.25, 0.3) is 0 Å². The van der Waals surface area contributed by atoms with Crippen LogP contribution >= 0.6 is 11.6 Å². The predicted octanol–water partition coefficient (Wildman–Crippen LogP) is 5.41. The van der Waals surface area contributed by atoms with Crippen molar-refractivity contribution < 1.29 is 14.0 Å². The highest BCUT2D eigenvalue weighted by atomic mass is 35.5. The van der Waals surface area contributed by atoms with E-state index in [9.17, 15) is 14.0 Å². The lowest BCUT2D eigenvalue weighted by Gasteiger charge is -2.31. The average Bonchev–Trinajstić information content (AvgIpc) is 2.64. The van der Waals surface area contributed by atoms with Gasteiger partial charge in [-0.25, -0.2) is 9.18 Å². The Kier molecular flexibility index (Phi) is 5.61. The molecule has 27 heavy (non-hydrogen) atoms. The van der Waals surface area contributed by atoms with Crippen LogP contribution in [0, 0.1) is 12.7 Å². The second-order valence-corrected chi connectivity index (χ2v) is 6.91. The molecule has 1 aliphatic heterocycles. The lowest BCUT2D eigenvalue weighted by atomic mass is 9.97. The highest BCUT2D eigenvalue weighted by Gasteiger charge is 2.29. The fourth-order valence-corrected chi connectivity index (χ4v) is 3.45. The zero-order valence-electron chi connectivity index (χ0n) is 15.1. The van der Waals surface area contributed by atoms with Crippen molar-refractivity contribution in [2.24, 2.45) is 0 Å². The Morgan fingerprint density at radius 1 is 1.30 bits per heavy atom. The first kappa shape index (κ1) is 19.1. The van der Waals surface area contributed by atoms with E-state index in [4.69, 9.17) is 11.6 Å². The summed E-state index contributed by atoms with van der Waals surface area (Å²) < 4.78 is 13.2. The summed E-state index contributed by atoms with van der Waals surface area (Å²) in [5.41, 5.74) is 3.16. The van der Waals surface area contributed by atoms with Crippen LogP contribution in [0.4, 0.5) is 14.9 Å². The minimum atomic E-state index is -0.485. The molecule has 0 spiro atoms. The first-order chi connectivity index (χ1) is 12.9. The largest absolute Gasteiger partial charge is 0.326 e. The minimum Gasteiger partial charge on any atom is -0.307 e. The maximum Gasteiger partial charge on any atom is 0.326 e. The van der Waals surface area contributed by atoms with Crippen LogP contribution in [0.3, 0.4) is 0 Å². The van der Waals surface area contributed by atoms with E-state index in [2.05, 4.69) is 5.32 Å². The smallest absolute Gasteiger partial charge is 0.307 e. The molecule has 1 unspecified atom stereocenters. The molecule has 3 rings (SSSR count). The van der Waals surface area contributed by atoms with Gasteiger partial charge in [-0.3, -0.25) is 9.69 Å². The van der Waals surface area contributed by atoms with Crippen molar-refractivity contribution >= 4 is 29.1 Å². The third-order valence-electron chi connectivity index (χ3n) is 4.66. The number of amides is 2. The van der Waals surface area contributed by atoms with E-state index >= 15 is 0 Å². The van der Waals surface area contributed by atoms with Gasteiger partial charge in [0.15, 0.2) is 5.78 Å². The number of nitrogens with one attached hydrogen (secondary N) is 1. The molecular formula is C21H20ClFN2O2. The van der Waals surface area contributed by atoms with Gasteiger partial charge in [0, 0.05) is 23.3 Å². The molecule has 0 saturated heterocycles. The van der Waals surface area contributed by atoms with Gasteiger partial charge in [0.1, 0.15) is 5.82 Å². The molecule has 1 atom stereocenters. The molecule has 2 amide bonds. The molecule has 0 radical (unpaired) electrons. The fourth-order valence-electron chi connectivity index (χ4n) is 3.10. The van der Waals surface area contributed by atoms with Crippen molar-refractivity contribution in [1.29, 1.82) is 0 Å². The third-order valence-corrected chi connectivity index (χ3v) is 5.01. The Labute approximate surface area is 162 Å². The van der Waals surface area contributed by atoms with E-state index in [1.54, 1.807) is 12.1 Å². The Bertz CT molecular complexity index is 909. The van der Waals surface area contributed by atoms with Gasteiger partial charge in [-0.2, -0.15) is 0 Å². The number of hydrogen-bond acceptors (Lipinski definition) is 2. The van der Waals surface area contributed by atoms with Gasteiger partial charge in [-0.05, 0) is 60.4 Å². The van der Waals surface area contributed by atoms with Gasteiger partial charge in [0.05, 0.1) is 6.04 Å². The number of carbonyl (C=O) groups excluding carboxylic acids is 2. The minimum absolute atomic E-state index is 0.0793. The fraction of sp³-hybridized carbons (Fsp3) is 0.238. The predicted molar refractivity (Wildman–Crippen MR) is 104 cm³/mol. The topological polar surface area (TPSA) is 49.4 Å². The van der Waals surface area contributed by atoms with Crippen LogP contribution in [0.1, 0.15) is 36.1 Å². The normalized spacial score (nSPS) is 16.5. The van der Waals surface area contributed by atoms with Gasteiger partial charge < -0.3 is 5.32 Å². The van der Waals surface area contributed by atoms with Gasteiger partial charge >= 0.3 is 6.03 Å². The zero-order valence-corrected chi connectivity index (χ0v) is 15.9. The molecule has 1 heterocycles. The number of aryl methyl sites for hydroxylation is 2. The number of ketones is 1. The number of nitrogens with zero attached hydrogens (tertiary/aromatic N) is 1. The van der Waals surface area contributed by atoms with Crippen molar-refractivity contribution in [3.05, 3.63) is 76.2 Å². The van der Waals surface area contributed by atoms with Crippen molar-refractivity contribution in [2.75, 3.05) is 5.32 Å². The lowest BCUT2D eigenvalue weighted by Crippen LogP contribution is -2.37. The lowest BCUT2D eigenvalue weighted by molar-refractivity contribution is -0.116. The SMILES string of the molecule is CCc1cc(NC(=O)N2C=CC(=O)CC2c2ccc(F)cc2)c(C)cc1Cl. The molecule has 0 aliphatic carbocycles. The number of carbonyl (C=O) groups is 2. The quantitative estimate of drug-likeness (QED) is 0.766. The van der Waals surface area contributed by atoms with Crippen LogP contribution in [-0.4, -0.2) is 16.7 Å². The Morgan fingerprint density at radius 3 is 2.67 bits per heavy atom. The molecule has 2 aromatic carbocycles. The van der Waals surface area contributed by atoms with E-state index in [1.165, 1.54) is 29.3 Å². The van der Waals surface area contributed by atoms with Crippen LogP contribution in [0.2, 0.25) is 5.02 Å². The number of urea groups is 1. The van der Waals surface area contributed by atoms with E-state index in [0.29, 0.717) is 16.3 Å². The molecule has 0 aromatic heterocycles. The third kappa shape index (κ3) is 4.19. The molecule has 1 N–H and O–H groups in total. The summed E-state index contributed by atoms with van der Waals surface area (Å²) in [6.07, 6.45) is 3.75. The highest BCUT2D eigenvalue weighted by molar-refractivity contribution is 6.31. The molecule has 0 fully saturated rings. The molecule has 140 valence electrons. The van der Waals surface area contributed by atoms with Crippen molar-refractivity contribution in [1.82, 2.24) is 4.90 Å². The Balaban J connectivity index is 1.88. The second kappa shape index (κ2) is 7.92. The Hall–Kier alpha value is -2.66. The van der Waals surface area contributed by atoms with Crippen molar-refractivity contribution in [3.63, 3.8) is 0 Å². The van der Waals surface area contributed by atoms with Crippen molar-refractivity contribution in [3.8, 4) is 0 Å². The van der Waals surface area contributed by atoms with E-state index in [0.717, 1.165) is 17.5 Å². The standard InChI is InChI=1S/C21H20ClFN2O2/c1-3-14-11-19(13(2)10-18(14)22)24-21(27)25-9-8-17(26)12-20(25)15-4-6-16(23)7-5-15/h4-11,20H,3,12H2,1-2H3,(H,24,27). The molecular weight excluding hydrogens is 367 g/mol. The van der Waals surface area contributed by atoms with E-state index in [1.807, 2.05) is 26.0 Å². The molecule has 1 aliphatic rings. The number of anilines is 1. The van der Waals surface area contributed by atoms with E-state index < -0.39 is 6.04 Å². The summed E-state index contributed by atoms with van der Waals surface area (Å²) in [6.45, 7) is 3.86. The summed E-state index contributed by atoms with van der Waals surface area (Å²) in [5, 5.41) is 3.57. The summed E-state index contributed by atoms with van der Waals surface area (Å²) >= 11 is 6.22. The summed E-state index contributed by atoms with van der Waals surface area (Å²) in [4.78, 5) is 26.3. The molecule has 6 heteroatoms. The number of allylic oxidation sites excluding steroid dienone is 1. The molecule has 0 bridgehead atoms. The molecule has 2 aromatic rings. The van der Waals surface area contributed by atoms with Gasteiger partial charge in [0.2, 0.25) is 0 Å². The maximum absolute atomic E-state index is 13.2. The van der Waals surface area contributed by atoms with Gasteiger partial charge in [-0.1, -0.05) is 30.7 Å². The van der Waals surface area contributed by atoms with Crippen LogP contribution in [0.5, 0.6) is 0 Å². The average molecular weight is 387 g/mol. The number of rotatable bonds is 3. The highest BCUT2D eigenvalue weighted by Crippen LogP contribution is 2.31. The van der Waals surface area contributed by atoms with Gasteiger partial charge in [0.25, 0.3) is 0 Å². The zero-order chi connectivity index (χ0) is 19.6. The summed E-state index contributed by atoms with van der Waals surface area (Å²) in [6, 6.07) is 8.67. The molecule has 0 saturated carbocycles. The first-order valence-electron chi connectivity index (χ1n) is 8.74. The van der Waals surface area contributed by atoms with Crippen LogP contribution in [-0.2, 0) is 11.2 Å². The second-order valence-electron chi connectivity index (χ2n) is 6.50. The van der Waals surface area contributed by atoms with Crippen LogP contribution < -0.4 is 5.32 Å². The first-order valence-corrected chi connectivity index (χ1v) is 9.11. The number of halogens is 2. The van der Waals surface area contributed by atoms with Crippen molar-refractivity contribution in [2.45, 2.75) is 32.7 Å². The van der Waals surface area contributed by atoms with E-state index in [-0.39, 0.29) is 24.1 Å². The summed E-state index contributed by atoms with van der Waals surface area (Å²) in [7, 11) is 0. The summed E-state index contributed by atoms with van der Waals surface area (Å²) in [5.74, 6) is -0.444. The van der Waals surface area contributed by atoms with Gasteiger partial charge in [-0.15, -0.1) is 0 Å². The maximum atomic E-state index is 13.2. The monoisotopic (exact) mass is 386 g/mol. The van der Waals surface area contributed by atoms with Crippen LogP contribution in [0.15, 0.2) is 48.7 Å². The number of hydrogen-bond donors (Lipinski definition) is 1. The molecule has 4 nitrogen and oxygen atoms in total. The Morgan fingerprint density at radius 2 is 2.00 bits per heavy atom.